The molecule has 4 nitrogen and oxygen atoms in total. The Bertz CT molecular complexity index is 433. The third-order valence-electron chi connectivity index (χ3n) is 2.89. The molecule has 1 fully saturated rings. The van der Waals surface area contributed by atoms with Gasteiger partial charge in [-0.2, -0.15) is 0 Å². The molecule has 2 N–H and O–H groups in total. The van der Waals surface area contributed by atoms with Crippen molar-refractivity contribution < 1.29 is 13.9 Å². The molecule has 0 aromatic heterocycles. The summed E-state index contributed by atoms with van der Waals surface area (Å²) in [6.45, 7) is 0.939. The van der Waals surface area contributed by atoms with Crippen molar-refractivity contribution in [1.29, 1.82) is 0 Å². The Morgan fingerprint density at radius 1 is 1.50 bits per heavy atom. The summed E-state index contributed by atoms with van der Waals surface area (Å²) in [5.74, 6) is 0.365. The second kappa shape index (κ2) is 5.71. The molecule has 0 radical (unpaired) electrons. The van der Waals surface area contributed by atoms with Gasteiger partial charge in [0.2, 0.25) is 5.91 Å². The molecular weight excluding hydrogens is 235 g/mol. The van der Waals surface area contributed by atoms with E-state index < -0.39 is 5.82 Å². The van der Waals surface area contributed by atoms with Gasteiger partial charge in [-0.3, -0.25) is 4.79 Å². The zero-order chi connectivity index (χ0) is 13.0. The van der Waals surface area contributed by atoms with E-state index in [9.17, 15) is 9.18 Å². The van der Waals surface area contributed by atoms with Crippen molar-refractivity contribution in [3.63, 3.8) is 0 Å². The van der Waals surface area contributed by atoms with Gasteiger partial charge in [-0.1, -0.05) is 0 Å². The largest absolute Gasteiger partial charge is 0.494 e. The monoisotopic (exact) mass is 252 g/mol. The maximum atomic E-state index is 13.2. The summed E-state index contributed by atoms with van der Waals surface area (Å²) < 4.78 is 18.0. The molecular formula is C13H17FN2O2. The lowest BCUT2D eigenvalue weighted by atomic mass is 10.3. The van der Waals surface area contributed by atoms with Gasteiger partial charge in [0, 0.05) is 18.3 Å². The minimum atomic E-state index is -0.416. The number of carbonyl (C=O) groups is 1. The summed E-state index contributed by atoms with van der Waals surface area (Å²) in [5.41, 5.74) is 0.662. The number of halogens is 1. The van der Waals surface area contributed by atoms with Crippen LogP contribution in [0, 0.1) is 11.7 Å². The first-order valence-electron chi connectivity index (χ1n) is 6.03. The molecule has 1 amide bonds. The summed E-state index contributed by atoms with van der Waals surface area (Å²) in [4.78, 5) is 11.5. The van der Waals surface area contributed by atoms with Crippen LogP contribution in [0.2, 0.25) is 0 Å². The lowest BCUT2D eigenvalue weighted by molar-refractivity contribution is -0.119. The molecule has 5 heteroatoms. The van der Waals surface area contributed by atoms with Crippen molar-refractivity contribution in [2.75, 3.05) is 25.5 Å². The number of ether oxygens (including phenoxy) is 1. The van der Waals surface area contributed by atoms with E-state index in [2.05, 4.69) is 10.6 Å². The molecule has 0 unspecified atom stereocenters. The molecule has 0 aliphatic heterocycles. The van der Waals surface area contributed by atoms with Crippen LogP contribution in [0.25, 0.3) is 0 Å². The van der Waals surface area contributed by atoms with Gasteiger partial charge in [-0.25, -0.2) is 4.39 Å². The van der Waals surface area contributed by atoms with Crippen molar-refractivity contribution in [2.45, 2.75) is 12.8 Å². The van der Waals surface area contributed by atoms with Crippen molar-refractivity contribution in [3.05, 3.63) is 24.0 Å². The highest BCUT2D eigenvalue weighted by Gasteiger charge is 2.21. The third-order valence-corrected chi connectivity index (χ3v) is 2.89. The Balaban J connectivity index is 1.79. The molecule has 1 aromatic rings. The molecule has 0 atom stereocenters. The molecule has 18 heavy (non-hydrogen) atoms. The maximum absolute atomic E-state index is 13.2. The highest BCUT2D eigenvalue weighted by molar-refractivity contribution is 5.80. The smallest absolute Gasteiger partial charge is 0.239 e. The molecule has 1 aliphatic carbocycles. The van der Waals surface area contributed by atoms with E-state index in [0.717, 1.165) is 6.54 Å². The van der Waals surface area contributed by atoms with E-state index >= 15 is 0 Å². The number of anilines is 1. The number of rotatable bonds is 6. The van der Waals surface area contributed by atoms with E-state index in [-0.39, 0.29) is 18.2 Å². The molecule has 0 heterocycles. The molecule has 1 aliphatic rings. The Labute approximate surface area is 106 Å². The lowest BCUT2D eigenvalue weighted by Crippen LogP contribution is -2.31. The predicted molar refractivity (Wildman–Crippen MR) is 67.2 cm³/mol. The molecule has 2 rings (SSSR count). The summed E-state index contributed by atoms with van der Waals surface area (Å²) in [6, 6.07) is 4.42. The summed E-state index contributed by atoms with van der Waals surface area (Å²) in [5, 5.41) is 5.78. The normalized spacial score (nSPS) is 14.1. The number of benzene rings is 1. The third kappa shape index (κ3) is 3.61. The highest BCUT2D eigenvalue weighted by atomic mass is 19.1. The van der Waals surface area contributed by atoms with E-state index in [1.165, 1.54) is 32.1 Å². The van der Waals surface area contributed by atoms with Gasteiger partial charge in [0.1, 0.15) is 0 Å². The fourth-order valence-electron chi connectivity index (χ4n) is 1.59. The lowest BCUT2D eigenvalue weighted by Gasteiger charge is -2.09. The number of amides is 1. The average molecular weight is 252 g/mol. The second-order valence-corrected chi connectivity index (χ2v) is 4.45. The van der Waals surface area contributed by atoms with Crippen LogP contribution < -0.4 is 15.4 Å². The quantitative estimate of drug-likeness (QED) is 0.811. The fourth-order valence-corrected chi connectivity index (χ4v) is 1.59. The number of hydrogen-bond acceptors (Lipinski definition) is 3. The summed E-state index contributed by atoms with van der Waals surface area (Å²) in [7, 11) is 1.41. The Kier molecular flexibility index (Phi) is 4.02. The SMILES string of the molecule is COc1cc(NCC(=O)NCC2CC2)ccc1F. The molecule has 0 saturated heterocycles. The highest BCUT2D eigenvalue weighted by Crippen LogP contribution is 2.27. The van der Waals surface area contributed by atoms with Gasteiger partial charge in [-0.05, 0) is 30.9 Å². The van der Waals surface area contributed by atoms with Crippen LogP contribution >= 0.6 is 0 Å². The van der Waals surface area contributed by atoms with Crippen LogP contribution in [0.4, 0.5) is 10.1 Å². The van der Waals surface area contributed by atoms with Crippen molar-refractivity contribution >= 4 is 11.6 Å². The first kappa shape index (κ1) is 12.7. The Morgan fingerprint density at radius 3 is 2.94 bits per heavy atom. The molecule has 1 aromatic carbocycles. The Hall–Kier alpha value is -1.78. The van der Waals surface area contributed by atoms with Crippen LogP contribution in [0.15, 0.2) is 18.2 Å². The first-order valence-corrected chi connectivity index (χ1v) is 6.03. The van der Waals surface area contributed by atoms with Crippen LogP contribution in [-0.2, 0) is 4.79 Å². The van der Waals surface area contributed by atoms with Gasteiger partial charge in [-0.15, -0.1) is 0 Å². The summed E-state index contributed by atoms with van der Waals surface area (Å²) in [6.07, 6.45) is 2.42. The van der Waals surface area contributed by atoms with Gasteiger partial charge in [0.05, 0.1) is 13.7 Å². The standard InChI is InChI=1S/C13H17FN2O2/c1-18-12-6-10(4-5-11(12)14)15-8-13(17)16-7-9-2-3-9/h4-6,9,15H,2-3,7-8H2,1H3,(H,16,17). The van der Waals surface area contributed by atoms with Gasteiger partial charge >= 0.3 is 0 Å². The molecule has 0 spiro atoms. The number of hydrogen-bond donors (Lipinski definition) is 2. The zero-order valence-electron chi connectivity index (χ0n) is 10.3. The minimum Gasteiger partial charge on any atom is -0.494 e. The molecule has 98 valence electrons. The maximum Gasteiger partial charge on any atom is 0.239 e. The average Bonchev–Trinajstić information content (AvgIpc) is 3.19. The van der Waals surface area contributed by atoms with E-state index in [4.69, 9.17) is 4.74 Å². The van der Waals surface area contributed by atoms with Crippen molar-refractivity contribution in [1.82, 2.24) is 5.32 Å². The fraction of sp³-hybridized carbons (Fsp3) is 0.462. The van der Waals surface area contributed by atoms with Crippen molar-refractivity contribution in [2.24, 2.45) is 5.92 Å². The molecule has 0 bridgehead atoms. The van der Waals surface area contributed by atoms with E-state index in [1.807, 2.05) is 0 Å². The van der Waals surface area contributed by atoms with Crippen molar-refractivity contribution in [3.8, 4) is 5.75 Å². The summed E-state index contributed by atoms with van der Waals surface area (Å²) >= 11 is 0. The van der Waals surface area contributed by atoms with Crippen LogP contribution in [0.5, 0.6) is 5.75 Å². The number of methoxy groups -OCH3 is 1. The second-order valence-electron chi connectivity index (χ2n) is 4.45. The number of carbonyl (C=O) groups excluding carboxylic acids is 1. The van der Waals surface area contributed by atoms with Crippen LogP contribution in [0.1, 0.15) is 12.8 Å². The number of nitrogens with one attached hydrogen (secondary N) is 2. The molecule has 1 saturated carbocycles. The topological polar surface area (TPSA) is 50.4 Å². The van der Waals surface area contributed by atoms with Gasteiger partial charge in [0.15, 0.2) is 11.6 Å². The van der Waals surface area contributed by atoms with Gasteiger partial charge < -0.3 is 15.4 Å². The minimum absolute atomic E-state index is 0.0507. The van der Waals surface area contributed by atoms with E-state index in [0.29, 0.717) is 11.6 Å². The predicted octanol–water partition coefficient (Wildman–Crippen LogP) is 1.77. The Morgan fingerprint density at radius 2 is 2.28 bits per heavy atom. The first-order chi connectivity index (χ1) is 8.69. The van der Waals surface area contributed by atoms with E-state index in [1.54, 1.807) is 6.07 Å². The van der Waals surface area contributed by atoms with Gasteiger partial charge in [0.25, 0.3) is 0 Å². The zero-order valence-corrected chi connectivity index (χ0v) is 10.3. The van der Waals surface area contributed by atoms with Crippen LogP contribution in [0.3, 0.4) is 0 Å². The van der Waals surface area contributed by atoms with Crippen LogP contribution in [-0.4, -0.2) is 26.1 Å².